The zero-order chi connectivity index (χ0) is 9.54. The van der Waals surface area contributed by atoms with Gasteiger partial charge in [0.2, 0.25) is 0 Å². The van der Waals surface area contributed by atoms with Crippen molar-refractivity contribution < 1.29 is 0 Å². The van der Waals surface area contributed by atoms with Crippen molar-refractivity contribution in [2.75, 3.05) is 0 Å². The molecular formula is C13H24. The van der Waals surface area contributed by atoms with Crippen molar-refractivity contribution in [1.29, 1.82) is 0 Å². The van der Waals surface area contributed by atoms with Crippen LogP contribution in [0.3, 0.4) is 0 Å². The summed E-state index contributed by atoms with van der Waals surface area (Å²) in [4.78, 5) is 0. The molecule has 0 saturated heterocycles. The molecule has 0 radical (unpaired) electrons. The molecule has 0 spiro atoms. The smallest absolute Gasteiger partial charge is 0.00271 e. The van der Waals surface area contributed by atoms with Crippen LogP contribution in [-0.4, -0.2) is 0 Å². The molecule has 0 aliphatic rings. The topological polar surface area (TPSA) is 0 Å². The van der Waals surface area contributed by atoms with Crippen molar-refractivity contribution in [3.8, 4) is 36.0 Å². The lowest BCUT2D eigenvalue weighted by atomic mass is 10.7. The molecule has 0 N–H and O–H groups in total. The van der Waals surface area contributed by atoms with Crippen molar-refractivity contribution in [1.82, 2.24) is 0 Å². The molecule has 0 aromatic rings. The first-order valence-corrected chi connectivity index (χ1v) is 3.29. The van der Waals surface area contributed by atoms with Crippen molar-refractivity contribution in [3.63, 3.8) is 0 Å². The lowest BCUT2D eigenvalue weighted by Crippen LogP contribution is -1.28. The maximum atomic E-state index is 4.60. The second-order valence-electron chi connectivity index (χ2n) is 1.29. The molecule has 76 valence electrons. The molecule has 0 aliphatic carbocycles. The van der Waals surface area contributed by atoms with Crippen molar-refractivity contribution >= 4 is 0 Å². The molecule has 0 atom stereocenters. The maximum Gasteiger partial charge on any atom is -0.00271 e. The van der Waals surface area contributed by atoms with Gasteiger partial charge >= 0.3 is 0 Å². The highest BCUT2D eigenvalue weighted by atomic mass is 13.3. The van der Waals surface area contributed by atoms with Crippen molar-refractivity contribution in [2.45, 2.75) is 49.5 Å². The minimum Gasteiger partial charge on any atom is -0.120 e. The Hall–Kier alpha value is -1.32. The highest BCUT2D eigenvalue weighted by molar-refractivity contribution is 4.89. The van der Waals surface area contributed by atoms with Crippen LogP contribution in [0.25, 0.3) is 0 Å². The SMILES string of the molecule is C.C.C#CC.CC#CC.CC#CC. The number of hydrogen-bond donors (Lipinski definition) is 0. The molecule has 0 heteroatoms. The standard InChI is InChI=1S/2C4H6.C3H4.2CH4/c2*1-3-4-2;1-3-2;;/h2*1-2H3;1H,2H3;2*1H4. The zero-order valence-corrected chi connectivity index (χ0v) is 8.08. The van der Waals surface area contributed by atoms with Gasteiger partial charge in [-0.25, -0.2) is 0 Å². The Kier molecular flexibility index (Phi) is 170. The first-order chi connectivity index (χ1) is 5.24. The monoisotopic (exact) mass is 180 g/mol. The van der Waals surface area contributed by atoms with E-state index in [4.69, 9.17) is 0 Å². The van der Waals surface area contributed by atoms with Gasteiger partial charge in [-0.1, -0.05) is 14.9 Å². The predicted molar refractivity (Wildman–Crippen MR) is 66.2 cm³/mol. The second kappa shape index (κ2) is 73.9. The molecular weight excluding hydrogens is 156 g/mol. The van der Waals surface area contributed by atoms with Crippen LogP contribution in [0.1, 0.15) is 49.5 Å². The minimum absolute atomic E-state index is 0. The summed E-state index contributed by atoms with van der Waals surface area (Å²) < 4.78 is 0. The molecule has 0 rings (SSSR count). The van der Waals surface area contributed by atoms with Crippen LogP contribution in [-0.2, 0) is 0 Å². The van der Waals surface area contributed by atoms with Crippen LogP contribution < -0.4 is 0 Å². The molecule has 13 heavy (non-hydrogen) atoms. The van der Waals surface area contributed by atoms with Gasteiger partial charge in [-0.3, -0.25) is 0 Å². The molecule has 0 fully saturated rings. The van der Waals surface area contributed by atoms with E-state index in [1.54, 1.807) is 6.92 Å². The molecule has 0 heterocycles. The third kappa shape index (κ3) is 1740. The molecule has 0 nitrogen and oxygen atoms in total. The Balaban J connectivity index is -0.0000000231. The van der Waals surface area contributed by atoms with E-state index in [2.05, 4.69) is 36.0 Å². The third-order valence-electron chi connectivity index (χ3n) is 0.500. The first kappa shape index (κ1) is 29.9. The van der Waals surface area contributed by atoms with Crippen LogP contribution in [0.2, 0.25) is 0 Å². The first-order valence-electron chi connectivity index (χ1n) is 3.29. The Bertz CT molecular complexity index is 152. The molecule has 0 amide bonds. The predicted octanol–water partition coefficient (Wildman–Crippen LogP) is 3.97. The molecule has 0 aromatic carbocycles. The lowest BCUT2D eigenvalue weighted by Gasteiger charge is -1.40. The molecule has 0 bridgehead atoms. The summed E-state index contributed by atoms with van der Waals surface area (Å²) in [6, 6.07) is 0. The van der Waals surface area contributed by atoms with Gasteiger partial charge in [0.25, 0.3) is 0 Å². The van der Waals surface area contributed by atoms with E-state index >= 15 is 0 Å². The van der Waals surface area contributed by atoms with E-state index in [9.17, 15) is 0 Å². The van der Waals surface area contributed by atoms with E-state index in [1.807, 2.05) is 27.7 Å². The van der Waals surface area contributed by atoms with Crippen molar-refractivity contribution in [2.24, 2.45) is 0 Å². The van der Waals surface area contributed by atoms with Gasteiger partial charge in [0.15, 0.2) is 0 Å². The summed E-state index contributed by atoms with van der Waals surface area (Å²) in [6.07, 6.45) is 4.60. The Morgan fingerprint density at radius 2 is 0.692 bits per heavy atom. The van der Waals surface area contributed by atoms with Gasteiger partial charge < -0.3 is 0 Å². The van der Waals surface area contributed by atoms with E-state index in [0.29, 0.717) is 0 Å². The van der Waals surface area contributed by atoms with E-state index in [0.717, 1.165) is 0 Å². The summed E-state index contributed by atoms with van der Waals surface area (Å²) in [5.74, 6) is 13.0. The van der Waals surface area contributed by atoms with Gasteiger partial charge in [-0.15, -0.1) is 36.0 Å². The maximum absolute atomic E-state index is 4.60. The summed E-state index contributed by atoms with van der Waals surface area (Å²) >= 11 is 0. The van der Waals surface area contributed by atoms with Gasteiger partial charge in [0.05, 0.1) is 0 Å². The summed E-state index contributed by atoms with van der Waals surface area (Å²) in [5, 5.41) is 0. The van der Waals surface area contributed by atoms with Crippen LogP contribution >= 0.6 is 0 Å². The van der Waals surface area contributed by atoms with E-state index in [1.165, 1.54) is 0 Å². The van der Waals surface area contributed by atoms with Gasteiger partial charge in [-0.2, -0.15) is 0 Å². The Morgan fingerprint density at radius 3 is 0.692 bits per heavy atom. The molecule has 0 aliphatic heterocycles. The number of rotatable bonds is 0. The molecule has 0 aromatic heterocycles. The average Bonchev–Trinajstić information content (AvgIpc) is 2.06. The lowest BCUT2D eigenvalue weighted by molar-refractivity contribution is 1.83. The number of hydrogen-bond acceptors (Lipinski definition) is 0. The third-order valence-corrected chi connectivity index (χ3v) is 0.500. The second-order valence-corrected chi connectivity index (χ2v) is 1.29. The quantitative estimate of drug-likeness (QED) is 0.495. The highest BCUT2D eigenvalue weighted by Gasteiger charge is 1.27. The van der Waals surface area contributed by atoms with Crippen LogP contribution in [0, 0.1) is 36.0 Å². The summed E-state index contributed by atoms with van der Waals surface area (Å²) in [5.41, 5.74) is 0. The van der Waals surface area contributed by atoms with Crippen LogP contribution in [0.15, 0.2) is 0 Å². The summed E-state index contributed by atoms with van der Waals surface area (Å²) in [7, 11) is 0. The largest absolute Gasteiger partial charge is 0.120 e. The Labute approximate surface area is 86.1 Å². The fraction of sp³-hybridized carbons (Fsp3) is 0.538. The fourth-order valence-corrected chi connectivity index (χ4v) is 0. The fourth-order valence-electron chi connectivity index (χ4n) is 0. The van der Waals surface area contributed by atoms with E-state index in [-0.39, 0.29) is 14.9 Å². The van der Waals surface area contributed by atoms with Gasteiger partial charge in [0.1, 0.15) is 0 Å². The average molecular weight is 180 g/mol. The normalized spacial score (nSPS) is 2.77. The highest BCUT2D eigenvalue weighted by Crippen LogP contribution is 1.39. The Morgan fingerprint density at radius 1 is 0.615 bits per heavy atom. The molecule has 0 saturated carbocycles. The van der Waals surface area contributed by atoms with Crippen LogP contribution in [0.5, 0.6) is 0 Å². The molecule has 0 unspecified atom stereocenters. The summed E-state index contributed by atoms with van der Waals surface area (Å²) in [6.45, 7) is 8.93. The number of terminal acetylenes is 1. The van der Waals surface area contributed by atoms with Gasteiger partial charge in [0, 0.05) is 0 Å². The zero-order valence-electron chi connectivity index (χ0n) is 8.08. The van der Waals surface area contributed by atoms with Gasteiger partial charge in [-0.05, 0) is 34.6 Å². The minimum atomic E-state index is 0. The van der Waals surface area contributed by atoms with Crippen LogP contribution in [0.4, 0.5) is 0 Å². The van der Waals surface area contributed by atoms with Crippen molar-refractivity contribution in [3.05, 3.63) is 0 Å². The van der Waals surface area contributed by atoms with E-state index < -0.39 is 0 Å².